The van der Waals surface area contributed by atoms with Crippen LogP contribution in [0.5, 0.6) is 5.75 Å². The summed E-state index contributed by atoms with van der Waals surface area (Å²) in [7, 11) is 4.85. The first-order valence-electron chi connectivity index (χ1n) is 10.6. The lowest BCUT2D eigenvalue weighted by Gasteiger charge is -2.11. The number of ketones is 1. The van der Waals surface area contributed by atoms with E-state index in [-0.39, 0.29) is 5.78 Å². The number of carbonyl (C=O) groups is 2. The molecular weight excluding hydrogens is 408 g/mol. The minimum absolute atomic E-state index is 0.0598. The molecule has 0 spiro atoms. The van der Waals surface area contributed by atoms with Crippen molar-refractivity contribution in [3.63, 3.8) is 0 Å². The number of methoxy groups -OCH3 is 2. The zero-order chi connectivity index (χ0) is 22.6. The summed E-state index contributed by atoms with van der Waals surface area (Å²) in [5.74, 6) is 1.38. The van der Waals surface area contributed by atoms with Gasteiger partial charge in [0.1, 0.15) is 22.6 Å². The largest absolute Gasteiger partial charge is 0.494 e. The fraction of sp³-hybridized carbons (Fsp3) is 0.333. The number of pyridine rings is 1. The fourth-order valence-corrected chi connectivity index (χ4v) is 4.18. The van der Waals surface area contributed by atoms with E-state index in [0.717, 1.165) is 34.6 Å². The molecule has 0 saturated heterocycles. The maximum Gasteiger partial charge on any atom is 0.338 e. The Labute approximate surface area is 184 Å². The van der Waals surface area contributed by atoms with Gasteiger partial charge in [0.05, 0.1) is 31.0 Å². The van der Waals surface area contributed by atoms with Gasteiger partial charge >= 0.3 is 5.97 Å². The highest BCUT2D eigenvalue weighted by Crippen LogP contribution is 2.37. The molecule has 8 nitrogen and oxygen atoms in total. The molecule has 32 heavy (non-hydrogen) atoms. The molecule has 0 radical (unpaired) electrons. The van der Waals surface area contributed by atoms with E-state index >= 15 is 0 Å². The number of fused-ring (bicyclic) bond motifs is 2. The SMILES string of the molecule is COC(=O)c1cc(OC)c2c(c1)nc(-c1cc3ccc(C(C)=O)nc3n1CC1CC1)n2C. The zero-order valence-electron chi connectivity index (χ0n) is 18.5. The summed E-state index contributed by atoms with van der Waals surface area (Å²) >= 11 is 0. The lowest BCUT2D eigenvalue weighted by Crippen LogP contribution is -2.07. The molecule has 1 aliphatic rings. The molecule has 1 aliphatic carbocycles. The van der Waals surface area contributed by atoms with Gasteiger partial charge in [0, 0.05) is 25.9 Å². The molecule has 0 amide bonds. The number of carbonyl (C=O) groups excluding carboxylic acids is 2. The highest BCUT2D eigenvalue weighted by atomic mass is 16.5. The van der Waals surface area contributed by atoms with Crippen molar-refractivity contribution in [2.75, 3.05) is 14.2 Å². The lowest BCUT2D eigenvalue weighted by molar-refractivity contribution is 0.0600. The molecule has 5 rings (SSSR count). The number of esters is 1. The van der Waals surface area contributed by atoms with E-state index in [1.54, 1.807) is 25.3 Å². The van der Waals surface area contributed by atoms with Crippen LogP contribution in [0.25, 0.3) is 33.6 Å². The van der Waals surface area contributed by atoms with Gasteiger partial charge in [0.2, 0.25) is 0 Å². The first-order chi connectivity index (χ1) is 15.4. The fourth-order valence-electron chi connectivity index (χ4n) is 4.18. The molecule has 3 heterocycles. The number of rotatable bonds is 6. The second kappa shape index (κ2) is 7.47. The molecule has 4 aromatic rings. The summed E-state index contributed by atoms with van der Waals surface area (Å²) in [6.07, 6.45) is 2.37. The lowest BCUT2D eigenvalue weighted by atomic mass is 10.2. The minimum Gasteiger partial charge on any atom is -0.494 e. The van der Waals surface area contributed by atoms with Crippen molar-refractivity contribution in [1.29, 1.82) is 0 Å². The van der Waals surface area contributed by atoms with Crippen LogP contribution in [-0.4, -0.2) is 45.1 Å². The Morgan fingerprint density at radius 3 is 2.56 bits per heavy atom. The van der Waals surface area contributed by atoms with Crippen molar-refractivity contribution < 1.29 is 19.1 Å². The molecule has 8 heteroatoms. The number of aryl methyl sites for hydroxylation is 1. The number of ether oxygens (including phenoxy) is 2. The van der Waals surface area contributed by atoms with E-state index in [1.807, 2.05) is 17.7 Å². The topological polar surface area (TPSA) is 88.2 Å². The van der Waals surface area contributed by atoms with Crippen molar-refractivity contribution in [1.82, 2.24) is 19.1 Å². The zero-order valence-corrected chi connectivity index (χ0v) is 18.5. The van der Waals surface area contributed by atoms with E-state index < -0.39 is 5.97 Å². The average Bonchev–Trinajstić information content (AvgIpc) is 3.46. The Kier molecular flexibility index (Phi) is 4.73. The van der Waals surface area contributed by atoms with Crippen LogP contribution in [0.3, 0.4) is 0 Å². The third kappa shape index (κ3) is 3.23. The number of aromatic nitrogens is 4. The summed E-state index contributed by atoms with van der Waals surface area (Å²) in [5.41, 5.74) is 3.97. The van der Waals surface area contributed by atoms with Crippen molar-refractivity contribution in [3.05, 3.63) is 41.6 Å². The van der Waals surface area contributed by atoms with E-state index in [1.165, 1.54) is 26.9 Å². The van der Waals surface area contributed by atoms with Crippen molar-refractivity contribution in [2.24, 2.45) is 13.0 Å². The summed E-state index contributed by atoms with van der Waals surface area (Å²) in [6, 6.07) is 9.14. The molecule has 0 unspecified atom stereocenters. The van der Waals surface area contributed by atoms with Gasteiger partial charge in [-0.1, -0.05) is 0 Å². The minimum atomic E-state index is -0.443. The molecule has 164 valence electrons. The molecular formula is C24H24N4O4. The van der Waals surface area contributed by atoms with Crippen molar-refractivity contribution in [3.8, 4) is 17.3 Å². The van der Waals surface area contributed by atoms with E-state index in [0.29, 0.717) is 28.4 Å². The molecule has 1 aromatic carbocycles. The third-order valence-electron chi connectivity index (χ3n) is 6.05. The van der Waals surface area contributed by atoms with Crippen LogP contribution in [-0.2, 0) is 18.3 Å². The van der Waals surface area contributed by atoms with Crippen LogP contribution >= 0.6 is 0 Å². The summed E-state index contributed by atoms with van der Waals surface area (Å²) in [6.45, 7) is 2.35. The van der Waals surface area contributed by atoms with Crippen LogP contribution in [0.15, 0.2) is 30.3 Å². The van der Waals surface area contributed by atoms with E-state index in [9.17, 15) is 9.59 Å². The second-order valence-electron chi connectivity index (χ2n) is 8.28. The summed E-state index contributed by atoms with van der Waals surface area (Å²) in [4.78, 5) is 33.6. The summed E-state index contributed by atoms with van der Waals surface area (Å²) < 4.78 is 14.6. The Balaban J connectivity index is 1.75. The number of Topliss-reactive ketones (excluding diaryl/α,β-unsaturated/α-hetero) is 1. The highest BCUT2D eigenvalue weighted by Gasteiger charge is 2.27. The third-order valence-corrected chi connectivity index (χ3v) is 6.05. The molecule has 0 bridgehead atoms. The van der Waals surface area contributed by atoms with Crippen LogP contribution in [0.4, 0.5) is 0 Å². The predicted octanol–water partition coefficient (Wildman–Crippen LogP) is 4.00. The van der Waals surface area contributed by atoms with E-state index in [2.05, 4.69) is 15.6 Å². The Bertz CT molecular complexity index is 1390. The monoisotopic (exact) mass is 432 g/mol. The van der Waals surface area contributed by atoms with Crippen LogP contribution in [0.2, 0.25) is 0 Å². The Morgan fingerprint density at radius 1 is 1.12 bits per heavy atom. The number of hydrogen-bond acceptors (Lipinski definition) is 6. The normalized spacial score (nSPS) is 13.6. The predicted molar refractivity (Wildman–Crippen MR) is 120 cm³/mol. The van der Waals surface area contributed by atoms with Gasteiger partial charge < -0.3 is 18.6 Å². The standard InChI is InChI=1S/C24H24N4O4/c1-13(29)17-8-7-15-10-19(28(22(15)25-17)12-14-5-6-14)23-26-18-9-16(24(30)32-4)11-20(31-3)21(18)27(23)2/h7-11,14H,5-6,12H2,1-4H3. The van der Waals surface area contributed by atoms with Crippen molar-refractivity contribution in [2.45, 2.75) is 26.3 Å². The quantitative estimate of drug-likeness (QED) is 0.338. The van der Waals surface area contributed by atoms with Gasteiger partial charge in [-0.05, 0) is 49.1 Å². The first-order valence-corrected chi connectivity index (χ1v) is 10.6. The number of benzene rings is 1. The molecule has 1 fully saturated rings. The molecule has 1 saturated carbocycles. The van der Waals surface area contributed by atoms with Gasteiger partial charge in [-0.15, -0.1) is 0 Å². The molecule has 0 aliphatic heterocycles. The number of nitrogens with zero attached hydrogens (tertiary/aromatic N) is 4. The maximum absolute atomic E-state index is 12.1. The van der Waals surface area contributed by atoms with Crippen LogP contribution in [0.1, 0.15) is 40.6 Å². The van der Waals surface area contributed by atoms with Gasteiger partial charge in [-0.2, -0.15) is 0 Å². The Hall–Kier alpha value is -3.68. The van der Waals surface area contributed by atoms with Crippen LogP contribution in [0, 0.1) is 5.92 Å². The van der Waals surface area contributed by atoms with Crippen LogP contribution < -0.4 is 4.74 Å². The van der Waals surface area contributed by atoms with E-state index in [4.69, 9.17) is 14.5 Å². The van der Waals surface area contributed by atoms with Gasteiger partial charge in [-0.3, -0.25) is 4.79 Å². The summed E-state index contributed by atoms with van der Waals surface area (Å²) in [5, 5.41) is 0.958. The smallest absolute Gasteiger partial charge is 0.338 e. The van der Waals surface area contributed by atoms with Crippen molar-refractivity contribution >= 4 is 33.8 Å². The first kappa shape index (κ1) is 20.2. The second-order valence-corrected chi connectivity index (χ2v) is 8.28. The average molecular weight is 432 g/mol. The number of hydrogen-bond donors (Lipinski definition) is 0. The van der Waals surface area contributed by atoms with Gasteiger partial charge in [0.25, 0.3) is 0 Å². The highest BCUT2D eigenvalue weighted by molar-refractivity contribution is 5.98. The van der Waals surface area contributed by atoms with Gasteiger partial charge in [0.15, 0.2) is 11.6 Å². The molecule has 0 atom stereocenters. The molecule has 3 aromatic heterocycles. The maximum atomic E-state index is 12.1. The molecule has 0 N–H and O–H groups in total. The number of imidazole rings is 1. The van der Waals surface area contributed by atoms with Gasteiger partial charge in [-0.25, -0.2) is 14.8 Å². The Morgan fingerprint density at radius 2 is 1.91 bits per heavy atom.